The minimum atomic E-state index is -0.875. The van der Waals surface area contributed by atoms with Gasteiger partial charge in [0.2, 0.25) is 0 Å². The quantitative estimate of drug-likeness (QED) is 0.361. The SMILES string of the molecule is C=C(C)[C@@H]1CC[C@]2(C(=O)O)CC[C@]3(C)[C@H](CC[C@@H]4[C@@]5(C)CC=C(c6cccc(C(=O)O)c6)C(C)(C)[C@@H]5CC[C@]43C)[C@@H]12. The van der Waals surface area contributed by atoms with E-state index in [0.717, 1.165) is 50.5 Å². The first-order chi connectivity index (χ1) is 19.1. The first kappa shape index (κ1) is 28.7. The average molecular weight is 559 g/mol. The molecule has 1 aromatic rings. The lowest BCUT2D eigenvalue weighted by atomic mass is 9.32. The van der Waals surface area contributed by atoms with Crippen molar-refractivity contribution >= 4 is 17.5 Å². The summed E-state index contributed by atoms with van der Waals surface area (Å²) in [4.78, 5) is 24.7. The summed E-state index contributed by atoms with van der Waals surface area (Å²) in [6.07, 6.45) is 11.7. The fourth-order valence-electron chi connectivity index (χ4n) is 12.4. The van der Waals surface area contributed by atoms with Gasteiger partial charge in [0.05, 0.1) is 11.0 Å². The number of allylic oxidation sites excluding steroid dienone is 3. The summed E-state index contributed by atoms with van der Waals surface area (Å²) in [6, 6.07) is 7.50. The molecule has 5 aliphatic carbocycles. The highest BCUT2D eigenvalue weighted by Crippen LogP contribution is 2.77. The lowest BCUT2D eigenvalue weighted by molar-refractivity contribution is -0.227. The maximum absolute atomic E-state index is 12.9. The number of aromatic carboxylic acids is 1. The molecule has 4 nitrogen and oxygen atoms in total. The Labute approximate surface area is 246 Å². The van der Waals surface area contributed by atoms with Gasteiger partial charge in [0.15, 0.2) is 0 Å². The van der Waals surface area contributed by atoms with Crippen molar-refractivity contribution < 1.29 is 19.8 Å². The van der Waals surface area contributed by atoms with Gasteiger partial charge < -0.3 is 10.2 Å². The van der Waals surface area contributed by atoms with E-state index in [2.05, 4.69) is 60.3 Å². The van der Waals surface area contributed by atoms with Gasteiger partial charge in [0, 0.05) is 0 Å². The highest BCUT2D eigenvalue weighted by atomic mass is 16.4. The summed E-state index contributed by atoms with van der Waals surface area (Å²) >= 11 is 0. The van der Waals surface area contributed by atoms with Crippen LogP contribution in [0.15, 0.2) is 42.5 Å². The monoisotopic (exact) mass is 558 g/mol. The summed E-state index contributed by atoms with van der Waals surface area (Å²) in [5, 5.41) is 20.3. The molecule has 0 unspecified atom stereocenters. The number of carboxylic acids is 2. The maximum Gasteiger partial charge on any atom is 0.335 e. The fraction of sp³-hybridized carbons (Fsp3) is 0.676. The van der Waals surface area contributed by atoms with Crippen LogP contribution < -0.4 is 0 Å². The second-order valence-electron chi connectivity index (χ2n) is 16.1. The molecule has 0 spiro atoms. The molecule has 222 valence electrons. The Balaban J connectivity index is 1.39. The van der Waals surface area contributed by atoms with Gasteiger partial charge in [-0.25, -0.2) is 4.79 Å². The van der Waals surface area contributed by atoms with Gasteiger partial charge in [0.25, 0.3) is 0 Å². The lowest BCUT2D eigenvalue weighted by Gasteiger charge is -2.72. The number of carboxylic acid groups (broad SMARTS) is 2. The Morgan fingerprint density at radius 1 is 0.878 bits per heavy atom. The molecule has 6 rings (SSSR count). The average Bonchev–Trinajstić information content (AvgIpc) is 3.30. The summed E-state index contributed by atoms with van der Waals surface area (Å²) < 4.78 is 0. The van der Waals surface area contributed by atoms with Crippen molar-refractivity contribution in [3.63, 3.8) is 0 Å². The molecular formula is C37H50O4. The van der Waals surface area contributed by atoms with E-state index >= 15 is 0 Å². The molecule has 4 heteroatoms. The van der Waals surface area contributed by atoms with E-state index in [1.54, 1.807) is 6.07 Å². The molecule has 5 aliphatic rings. The highest BCUT2D eigenvalue weighted by molar-refractivity contribution is 5.89. The van der Waals surface area contributed by atoms with Crippen LogP contribution in [0.5, 0.6) is 0 Å². The normalized spacial score (nSPS) is 44.4. The molecular weight excluding hydrogens is 508 g/mol. The standard InChI is InChI=1S/C37H50O4/c1-22(2)25-13-18-37(32(40)41)20-19-35(6)27(30(25)37)11-12-29-34(5)16-14-26(23-9-8-10-24(21-23)31(38)39)33(3,4)28(34)15-17-36(29,35)7/h8-10,14,21,25,27-30H,1,11-13,15-20H2,2-7H3,(H,38,39)(H,40,41)/t25-,27+,28-,29+,30+,34-,35+,36+,37-/m0/s1. The fourth-order valence-corrected chi connectivity index (χ4v) is 12.4. The lowest BCUT2D eigenvalue weighted by Crippen LogP contribution is -2.65. The van der Waals surface area contributed by atoms with E-state index < -0.39 is 17.4 Å². The molecule has 4 fully saturated rings. The number of hydrogen-bond donors (Lipinski definition) is 2. The van der Waals surface area contributed by atoms with Gasteiger partial charge in [-0.1, -0.05) is 65.0 Å². The van der Waals surface area contributed by atoms with Crippen molar-refractivity contribution in [3.05, 3.63) is 53.6 Å². The van der Waals surface area contributed by atoms with Gasteiger partial charge >= 0.3 is 11.9 Å². The van der Waals surface area contributed by atoms with Crippen molar-refractivity contribution in [1.29, 1.82) is 0 Å². The zero-order valence-corrected chi connectivity index (χ0v) is 26.1. The largest absolute Gasteiger partial charge is 0.481 e. The van der Waals surface area contributed by atoms with E-state index in [0.29, 0.717) is 29.2 Å². The first-order valence-corrected chi connectivity index (χ1v) is 16.1. The van der Waals surface area contributed by atoms with Gasteiger partial charge in [-0.3, -0.25) is 4.79 Å². The number of fused-ring (bicyclic) bond motifs is 7. The number of rotatable bonds is 4. The Hall–Kier alpha value is -2.36. The van der Waals surface area contributed by atoms with Crippen LogP contribution in [0.2, 0.25) is 0 Å². The molecule has 0 aromatic heterocycles. The molecule has 0 radical (unpaired) electrons. The van der Waals surface area contributed by atoms with Gasteiger partial charge in [0.1, 0.15) is 0 Å². The summed E-state index contributed by atoms with van der Waals surface area (Å²) in [5.41, 5.74) is 3.68. The van der Waals surface area contributed by atoms with Gasteiger partial charge in [-0.05, 0) is 139 Å². The zero-order chi connectivity index (χ0) is 29.8. The zero-order valence-electron chi connectivity index (χ0n) is 26.1. The minimum Gasteiger partial charge on any atom is -0.481 e. The third kappa shape index (κ3) is 3.64. The van der Waals surface area contributed by atoms with Crippen molar-refractivity contribution in [2.45, 2.75) is 99.3 Å². The molecule has 0 heterocycles. The van der Waals surface area contributed by atoms with Crippen molar-refractivity contribution in [1.82, 2.24) is 0 Å². The van der Waals surface area contributed by atoms with Crippen LogP contribution in [0.25, 0.3) is 5.57 Å². The number of hydrogen-bond acceptors (Lipinski definition) is 2. The third-order valence-electron chi connectivity index (χ3n) is 14.5. The Kier molecular flexibility index (Phi) is 6.36. The predicted molar refractivity (Wildman–Crippen MR) is 163 cm³/mol. The minimum absolute atomic E-state index is 0.0647. The Morgan fingerprint density at radius 3 is 2.27 bits per heavy atom. The summed E-state index contributed by atoms with van der Waals surface area (Å²) in [5.74, 6) is 0.616. The summed E-state index contributed by atoms with van der Waals surface area (Å²) in [6.45, 7) is 19.0. The van der Waals surface area contributed by atoms with Crippen LogP contribution in [-0.2, 0) is 4.79 Å². The molecule has 1 aromatic carbocycles. The Morgan fingerprint density at radius 2 is 1.61 bits per heavy atom. The molecule has 0 aliphatic heterocycles. The molecule has 2 N–H and O–H groups in total. The van der Waals surface area contributed by atoms with Crippen LogP contribution in [0, 0.1) is 56.7 Å². The maximum atomic E-state index is 12.9. The highest BCUT2D eigenvalue weighted by Gasteiger charge is 2.71. The second-order valence-corrected chi connectivity index (χ2v) is 16.1. The second kappa shape index (κ2) is 9.07. The van der Waals surface area contributed by atoms with Crippen LogP contribution in [0.4, 0.5) is 0 Å². The van der Waals surface area contributed by atoms with E-state index in [-0.39, 0.29) is 27.6 Å². The number of benzene rings is 1. The van der Waals surface area contributed by atoms with Gasteiger partial charge in [-0.2, -0.15) is 0 Å². The van der Waals surface area contributed by atoms with E-state index in [1.807, 2.05) is 12.1 Å². The van der Waals surface area contributed by atoms with Crippen molar-refractivity contribution in [2.75, 3.05) is 0 Å². The van der Waals surface area contributed by atoms with E-state index in [4.69, 9.17) is 0 Å². The molecule has 9 atom stereocenters. The number of carbonyl (C=O) groups is 2. The number of aliphatic carboxylic acids is 1. The predicted octanol–water partition coefficient (Wildman–Crippen LogP) is 9.12. The molecule has 41 heavy (non-hydrogen) atoms. The molecule has 0 bridgehead atoms. The van der Waals surface area contributed by atoms with Gasteiger partial charge in [-0.15, -0.1) is 0 Å². The Bertz CT molecular complexity index is 1340. The van der Waals surface area contributed by atoms with Crippen LogP contribution >= 0.6 is 0 Å². The van der Waals surface area contributed by atoms with Crippen molar-refractivity contribution in [2.24, 2.45) is 56.7 Å². The van der Waals surface area contributed by atoms with Crippen LogP contribution in [0.1, 0.15) is 115 Å². The molecule has 0 amide bonds. The smallest absolute Gasteiger partial charge is 0.335 e. The van der Waals surface area contributed by atoms with Crippen LogP contribution in [-0.4, -0.2) is 22.2 Å². The third-order valence-corrected chi connectivity index (χ3v) is 14.5. The topological polar surface area (TPSA) is 74.6 Å². The van der Waals surface area contributed by atoms with E-state index in [9.17, 15) is 19.8 Å². The van der Waals surface area contributed by atoms with Crippen molar-refractivity contribution in [3.8, 4) is 0 Å². The molecule has 0 saturated heterocycles. The molecule has 4 saturated carbocycles. The first-order valence-electron chi connectivity index (χ1n) is 16.1. The van der Waals surface area contributed by atoms with E-state index in [1.165, 1.54) is 24.0 Å². The van der Waals surface area contributed by atoms with Crippen LogP contribution in [0.3, 0.4) is 0 Å². The summed E-state index contributed by atoms with van der Waals surface area (Å²) in [7, 11) is 0.